The summed E-state index contributed by atoms with van der Waals surface area (Å²) in [5, 5.41) is 2.94. The molecule has 6 heteroatoms. The van der Waals surface area contributed by atoms with Crippen LogP contribution < -0.4 is 19.5 Å². The van der Waals surface area contributed by atoms with Gasteiger partial charge in [0.2, 0.25) is 5.91 Å². The molecule has 2 rings (SSSR count). The molecule has 0 aliphatic heterocycles. The van der Waals surface area contributed by atoms with Gasteiger partial charge in [-0.2, -0.15) is 0 Å². The molecule has 26 heavy (non-hydrogen) atoms. The maximum absolute atomic E-state index is 12.1. The van der Waals surface area contributed by atoms with Gasteiger partial charge >= 0.3 is 0 Å². The number of methoxy groups -OCH3 is 2. The Labute approximate surface area is 162 Å². The highest BCUT2D eigenvalue weighted by Crippen LogP contribution is 2.28. The summed E-state index contributed by atoms with van der Waals surface area (Å²) in [6.07, 6.45) is 1.09. The fraction of sp³-hybridized carbons (Fsp3) is 0.350. The van der Waals surface area contributed by atoms with Crippen molar-refractivity contribution >= 4 is 21.8 Å². The molecule has 140 valence electrons. The van der Waals surface area contributed by atoms with E-state index >= 15 is 0 Å². The molecule has 0 aliphatic carbocycles. The first-order chi connectivity index (χ1) is 12.6. The predicted molar refractivity (Wildman–Crippen MR) is 105 cm³/mol. The molecular weight excluding hydrogens is 398 g/mol. The molecule has 0 spiro atoms. The van der Waals surface area contributed by atoms with Crippen molar-refractivity contribution in [1.29, 1.82) is 0 Å². The highest BCUT2D eigenvalue weighted by molar-refractivity contribution is 9.10. The van der Waals surface area contributed by atoms with E-state index < -0.39 is 0 Å². The Kier molecular flexibility index (Phi) is 7.78. The Hall–Kier alpha value is -2.21. The van der Waals surface area contributed by atoms with E-state index in [9.17, 15) is 4.79 Å². The number of carbonyl (C=O) groups is 1. The van der Waals surface area contributed by atoms with Crippen molar-refractivity contribution in [3.8, 4) is 17.2 Å². The zero-order chi connectivity index (χ0) is 18.9. The lowest BCUT2D eigenvalue weighted by atomic mass is 10.1. The third-order valence-corrected chi connectivity index (χ3v) is 4.49. The van der Waals surface area contributed by atoms with E-state index in [1.807, 2.05) is 43.3 Å². The van der Waals surface area contributed by atoms with Crippen LogP contribution in [0.2, 0.25) is 0 Å². The highest BCUT2D eigenvalue weighted by atomic mass is 79.9. The van der Waals surface area contributed by atoms with E-state index in [1.54, 1.807) is 14.2 Å². The van der Waals surface area contributed by atoms with Gasteiger partial charge in [-0.3, -0.25) is 4.79 Å². The van der Waals surface area contributed by atoms with E-state index in [2.05, 4.69) is 21.2 Å². The maximum atomic E-state index is 12.1. The van der Waals surface area contributed by atoms with E-state index in [1.165, 1.54) is 0 Å². The van der Waals surface area contributed by atoms with E-state index in [-0.39, 0.29) is 5.91 Å². The number of benzene rings is 2. The van der Waals surface area contributed by atoms with Crippen LogP contribution >= 0.6 is 15.9 Å². The lowest BCUT2D eigenvalue weighted by Crippen LogP contribution is -2.23. The van der Waals surface area contributed by atoms with Gasteiger partial charge in [0.1, 0.15) is 5.75 Å². The number of amides is 1. The molecule has 2 aromatic carbocycles. The summed E-state index contributed by atoms with van der Waals surface area (Å²) in [6.45, 7) is 2.96. The molecule has 0 aliphatic rings. The van der Waals surface area contributed by atoms with Crippen molar-refractivity contribution in [2.24, 2.45) is 0 Å². The van der Waals surface area contributed by atoms with Gasteiger partial charge in [-0.05, 0) is 64.7 Å². The summed E-state index contributed by atoms with van der Waals surface area (Å²) in [7, 11) is 3.23. The summed E-state index contributed by atoms with van der Waals surface area (Å²) in [4.78, 5) is 12.1. The zero-order valence-electron chi connectivity index (χ0n) is 15.3. The summed E-state index contributed by atoms with van der Waals surface area (Å²) in [5.74, 6) is 2.16. The van der Waals surface area contributed by atoms with Crippen LogP contribution in [0.25, 0.3) is 0 Å². The third-order valence-electron chi connectivity index (χ3n) is 3.87. The monoisotopic (exact) mass is 421 g/mol. The maximum Gasteiger partial charge on any atom is 0.220 e. The molecule has 2 aromatic rings. The quantitative estimate of drug-likeness (QED) is 0.661. The van der Waals surface area contributed by atoms with E-state index in [0.717, 1.165) is 21.3 Å². The minimum Gasteiger partial charge on any atom is -0.496 e. The minimum atomic E-state index is 0.00444. The second kappa shape index (κ2) is 10.1. The fourth-order valence-corrected chi connectivity index (χ4v) is 3.10. The third kappa shape index (κ3) is 5.66. The average Bonchev–Trinajstić information content (AvgIpc) is 2.65. The number of hydrogen-bond acceptors (Lipinski definition) is 4. The van der Waals surface area contributed by atoms with Crippen LogP contribution in [0.3, 0.4) is 0 Å². The second-order valence-electron chi connectivity index (χ2n) is 5.66. The molecule has 0 aromatic heterocycles. The molecule has 0 radical (unpaired) electrons. The summed E-state index contributed by atoms with van der Waals surface area (Å²) >= 11 is 3.46. The SMILES string of the molecule is CCOc1ccc(CNC(=O)CCc2ccc(OC)c(Br)c2)cc1OC. The molecular formula is C20H24BrNO4. The standard InChI is InChI=1S/C20H24BrNO4/c1-4-26-18-9-6-15(12-19(18)25-3)13-22-20(23)10-7-14-5-8-17(24-2)16(21)11-14/h5-6,8-9,11-12H,4,7,10,13H2,1-3H3,(H,22,23). The first-order valence-electron chi connectivity index (χ1n) is 8.46. The molecule has 5 nitrogen and oxygen atoms in total. The van der Waals surface area contributed by atoms with Crippen LogP contribution in [0.1, 0.15) is 24.5 Å². The van der Waals surface area contributed by atoms with Crippen molar-refractivity contribution in [2.75, 3.05) is 20.8 Å². The summed E-state index contributed by atoms with van der Waals surface area (Å²) < 4.78 is 16.9. The normalized spacial score (nSPS) is 10.3. The Morgan fingerprint density at radius 3 is 2.35 bits per heavy atom. The van der Waals surface area contributed by atoms with Crippen molar-refractivity contribution in [2.45, 2.75) is 26.3 Å². The van der Waals surface area contributed by atoms with E-state index in [4.69, 9.17) is 14.2 Å². The molecule has 0 saturated heterocycles. The van der Waals surface area contributed by atoms with Crippen LogP contribution in [0.5, 0.6) is 17.2 Å². The number of nitrogens with one attached hydrogen (secondary N) is 1. The van der Waals surface area contributed by atoms with Gasteiger partial charge in [0, 0.05) is 13.0 Å². The van der Waals surface area contributed by atoms with Gasteiger partial charge in [0.05, 0.1) is 25.3 Å². The van der Waals surface area contributed by atoms with Gasteiger partial charge in [0.25, 0.3) is 0 Å². The summed E-state index contributed by atoms with van der Waals surface area (Å²) in [5.41, 5.74) is 2.04. The van der Waals surface area contributed by atoms with Crippen molar-refractivity contribution in [3.63, 3.8) is 0 Å². The van der Waals surface area contributed by atoms with Gasteiger partial charge in [-0.25, -0.2) is 0 Å². The van der Waals surface area contributed by atoms with Crippen LogP contribution in [0, 0.1) is 0 Å². The Bertz CT molecular complexity index is 749. The summed E-state index contributed by atoms with van der Waals surface area (Å²) in [6, 6.07) is 11.5. The number of halogens is 1. The second-order valence-corrected chi connectivity index (χ2v) is 6.52. The molecule has 0 atom stereocenters. The lowest BCUT2D eigenvalue weighted by molar-refractivity contribution is -0.121. The number of ether oxygens (including phenoxy) is 3. The Balaban J connectivity index is 1.86. The lowest BCUT2D eigenvalue weighted by Gasteiger charge is -2.11. The largest absolute Gasteiger partial charge is 0.496 e. The number of hydrogen-bond donors (Lipinski definition) is 1. The van der Waals surface area contributed by atoms with E-state index in [0.29, 0.717) is 37.5 Å². The van der Waals surface area contributed by atoms with Crippen LogP contribution in [-0.2, 0) is 17.8 Å². The smallest absolute Gasteiger partial charge is 0.220 e. The van der Waals surface area contributed by atoms with Crippen molar-refractivity contribution < 1.29 is 19.0 Å². The topological polar surface area (TPSA) is 56.8 Å². The fourth-order valence-electron chi connectivity index (χ4n) is 2.51. The Morgan fingerprint density at radius 2 is 1.69 bits per heavy atom. The number of carbonyl (C=O) groups excluding carboxylic acids is 1. The Morgan fingerprint density at radius 1 is 1.00 bits per heavy atom. The molecule has 0 fully saturated rings. The number of aryl methyl sites for hydroxylation is 1. The molecule has 0 saturated carbocycles. The number of rotatable bonds is 9. The molecule has 1 amide bonds. The van der Waals surface area contributed by atoms with Gasteiger partial charge in [-0.15, -0.1) is 0 Å². The zero-order valence-corrected chi connectivity index (χ0v) is 16.9. The predicted octanol–water partition coefficient (Wildman–Crippen LogP) is 4.11. The first-order valence-corrected chi connectivity index (χ1v) is 9.25. The van der Waals surface area contributed by atoms with Crippen molar-refractivity contribution in [3.05, 3.63) is 52.0 Å². The van der Waals surface area contributed by atoms with Gasteiger partial charge in [0.15, 0.2) is 11.5 Å². The highest BCUT2D eigenvalue weighted by Gasteiger charge is 2.08. The molecule has 1 N–H and O–H groups in total. The average molecular weight is 422 g/mol. The van der Waals surface area contributed by atoms with Crippen molar-refractivity contribution in [1.82, 2.24) is 5.32 Å². The van der Waals surface area contributed by atoms with Gasteiger partial charge in [-0.1, -0.05) is 12.1 Å². The van der Waals surface area contributed by atoms with Crippen LogP contribution in [0.15, 0.2) is 40.9 Å². The minimum absolute atomic E-state index is 0.00444. The van der Waals surface area contributed by atoms with Crippen LogP contribution in [-0.4, -0.2) is 26.7 Å². The molecule has 0 heterocycles. The molecule has 0 bridgehead atoms. The van der Waals surface area contributed by atoms with Gasteiger partial charge < -0.3 is 19.5 Å². The van der Waals surface area contributed by atoms with Crippen LogP contribution in [0.4, 0.5) is 0 Å². The first kappa shape index (κ1) is 20.1. The molecule has 0 unspecified atom stereocenters.